The van der Waals surface area contributed by atoms with Crippen LogP contribution in [0.2, 0.25) is 0 Å². The Hall–Kier alpha value is -1.14. The van der Waals surface area contributed by atoms with E-state index >= 15 is 0 Å². The van der Waals surface area contributed by atoms with Crippen LogP contribution in [0, 0.1) is 0 Å². The molecule has 4 fully saturated rings. The maximum Gasteiger partial charge on any atom is 0.306 e. The van der Waals surface area contributed by atoms with Gasteiger partial charge in [-0.3, -0.25) is 9.59 Å². The van der Waals surface area contributed by atoms with Gasteiger partial charge in [0.15, 0.2) is 0 Å². The van der Waals surface area contributed by atoms with Crippen LogP contribution in [-0.4, -0.2) is 85.5 Å². The Balaban J connectivity index is 0.986. The average Bonchev–Trinajstić information content (AvgIpc) is 3.02. The summed E-state index contributed by atoms with van der Waals surface area (Å²) in [5.41, 5.74) is 0. The zero-order valence-corrected chi connectivity index (χ0v) is 22.3. The molecule has 6 nitrogen and oxygen atoms in total. The molecule has 0 radical (unpaired) electrons. The predicted octanol–water partition coefficient (Wildman–Crippen LogP) is 4.73. The summed E-state index contributed by atoms with van der Waals surface area (Å²) in [7, 11) is 9.35. The van der Waals surface area contributed by atoms with Gasteiger partial charge in [0.1, 0.15) is 12.2 Å². The summed E-state index contributed by atoms with van der Waals surface area (Å²) in [6.45, 7) is 0. The van der Waals surface area contributed by atoms with Crippen molar-refractivity contribution in [1.29, 1.82) is 0 Å². The van der Waals surface area contributed by atoms with E-state index in [1.807, 2.05) is 0 Å². The highest BCUT2D eigenvalue weighted by atomic mass is 16.5. The van der Waals surface area contributed by atoms with Crippen molar-refractivity contribution in [3.63, 3.8) is 0 Å². The summed E-state index contributed by atoms with van der Waals surface area (Å²) in [6.07, 6.45) is 16.9. The number of unbranched alkanes of at least 4 members (excludes halogenated alkanes) is 5. The van der Waals surface area contributed by atoms with Crippen LogP contribution in [0.5, 0.6) is 0 Å². The zero-order chi connectivity index (χ0) is 24.3. The molecule has 4 bridgehead atoms. The first-order valence-corrected chi connectivity index (χ1v) is 14.2. The third-order valence-electron chi connectivity index (χ3n) is 10.2. The molecular formula is C28H50N2O4+2. The number of carbonyl (C=O) groups excluding carboxylic acids is 2. The second-order valence-electron chi connectivity index (χ2n) is 12.8. The predicted molar refractivity (Wildman–Crippen MR) is 133 cm³/mol. The molecule has 34 heavy (non-hydrogen) atoms. The summed E-state index contributed by atoms with van der Waals surface area (Å²) < 4.78 is 13.9. The molecule has 4 atom stereocenters. The first kappa shape index (κ1) is 25.9. The summed E-state index contributed by atoms with van der Waals surface area (Å²) in [5.74, 6) is -0.00428. The molecule has 4 aliphatic rings. The molecule has 0 amide bonds. The minimum atomic E-state index is -0.00214. The molecule has 0 aliphatic carbocycles. The van der Waals surface area contributed by atoms with Gasteiger partial charge < -0.3 is 18.4 Å². The molecule has 4 aliphatic heterocycles. The number of rotatable bonds is 11. The molecule has 6 heteroatoms. The Morgan fingerprint density at radius 3 is 1.18 bits per heavy atom. The van der Waals surface area contributed by atoms with Crippen LogP contribution in [0.15, 0.2) is 0 Å². The average molecular weight is 479 g/mol. The van der Waals surface area contributed by atoms with Crippen molar-refractivity contribution >= 4 is 11.9 Å². The van der Waals surface area contributed by atoms with Gasteiger partial charge in [0, 0.05) is 64.2 Å². The van der Waals surface area contributed by atoms with Gasteiger partial charge in [-0.2, -0.15) is 0 Å². The standard InChI is InChI=1S/C28H50N2O4/c1-29(2)21-13-14-22(29)18-25(17-21)33-27(31)11-9-7-5-6-8-10-12-28(32)34-26-19-23-15-16-24(20-26)30(23,3)4/h21-26H,5-20H2,1-4H3/q+2. The molecule has 0 aromatic carbocycles. The number of carbonyl (C=O) groups is 2. The molecule has 0 aromatic rings. The van der Waals surface area contributed by atoms with E-state index in [0.717, 1.165) is 73.2 Å². The summed E-state index contributed by atoms with van der Waals surface area (Å²) in [4.78, 5) is 24.6. The normalized spacial score (nSPS) is 35.2. The lowest BCUT2D eigenvalue weighted by atomic mass is 9.98. The van der Waals surface area contributed by atoms with E-state index < -0.39 is 0 Å². The van der Waals surface area contributed by atoms with Gasteiger partial charge in [0.2, 0.25) is 0 Å². The topological polar surface area (TPSA) is 52.6 Å². The zero-order valence-electron chi connectivity index (χ0n) is 22.3. The Morgan fingerprint density at radius 1 is 0.559 bits per heavy atom. The van der Waals surface area contributed by atoms with Crippen molar-refractivity contribution in [2.75, 3.05) is 28.2 Å². The minimum Gasteiger partial charge on any atom is -0.462 e. The first-order valence-electron chi connectivity index (χ1n) is 14.2. The van der Waals surface area contributed by atoms with Crippen LogP contribution in [0.25, 0.3) is 0 Å². The third-order valence-corrected chi connectivity index (χ3v) is 10.2. The molecule has 0 spiro atoms. The first-order chi connectivity index (χ1) is 16.2. The number of piperidine rings is 2. The third kappa shape index (κ3) is 5.98. The monoisotopic (exact) mass is 478 g/mol. The van der Waals surface area contributed by atoms with Crippen molar-refractivity contribution in [2.45, 2.75) is 139 Å². The van der Waals surface area contributed by atoms with E-state index in [4.69, 9.17) is 9.47 Å². The van der Waals surface area contributed by atoms with Crippen molar-refractivity contribution < 1.29 is 28.0 Å². The summed E-state index contributed by atoms with van der Waals surface area (Å²) in [6, 6.07) is 2.66. The van der Waals surface area contributed by atoms with Gasteiger partial charge in [-0.15, -0.1) is 0 Å². The summed E-state index contributed by atoms with van der Waals surface area (Å²) >= 11 is 0. The second kappa shape index (κ2) is 10.9. The molecule has 0 N–H and O–H groups in total. The Morgan fingerprint density at radius 2 is 0.853 bits per heavy atom. The lowest BCUT2D eigenvalue weighted by Crippen LogP contribution is -2.56. The fraction of sp³-hybridized carbons (Fsp3) is 0.929. The molecule has 0 saturated carbocycles. The number of ether oxygens (including phenoxy) is 2. The van der Waals surface area contributed by atoms with Crippen LogP contribution in [0.4, 0.5) is 0 Å². The molecule has 4 unspecified atom stereocenters. The number of hydrogen-bond donors (Lipinski definition) is 0. The molecular weight excluding hydrogens is 428 g/mol. The molecule has 4 heterocycles. The number of esters is 2. The summed E-state index contributed by atoms with van der Waals surface area (Å²) in [5, 5.41) is 0. The number of fused-ring (bicyclic) bond motifs is 4. The second-order valence-corrected chi connectivity index (χ2v) is 12.8. The fourth-order valence-electron chi connectivity index (χ4n) is 7.59. The SMILES string of the molecule is C[N+]1(C)C2CCC1CC(OC(=O)CCCCCCCCC(=O)OC1CC3CCC(C1)[N+]3(C)C)C2. The highest BCUT2D eigenvalue weighted by Gasteiger charge is 2.50. The van der Waals surface area contributed by atoms with Crippen LogP contribution in [-0.2, 0) is 19.1 Å². The van der Waals surface area contributed by atoms with E-state index in [0.29, 0.717) is 37.0 Å². The van der Waals surface area contributed by atoms with E-state index in [9.17, 15) is 9.59 Å². The quantitative estimate of drug-likeness (QED) is 0.245. The Kier molecular flexibility index (Phi) is 8.28. The Bertz CT molecular complexity index is 629. The van der Waals surface area contributed by atoms with Crippen molar-refractivity contribution in [1.82, 2.24) is 0 Å². The highest BCUT2D eigenvalue weighted by Crippen LogP contribution is 2.41. The largest absolute Gasteiger partial charge is 0.462 e. The van der Waals surface area contributed by atoms with Crippen LogP contribution in [0.3, 0.4) is 0 Å². The Labute approximate surface area is 207 Å². The van der Waals surface area contributed by atoms with E-state index in [1.165, 1.54) is 25.7 Å². The molecule has 4 rings (SSSR count). The maximum atomic E-state index is 12.3. The maximum absolute atomic E-state index is 12.3. The number of quaternary nitrogens is 2. The van der Waals surface area contributed by atoms with Crippen LogP contribution < -0.4 is 0 Å². The van der Waals surface area contributed by atoms with Crippen molar-refractivity contribution in [3.8, 4) is 0 Å². The van der Waals surface area contributed by atoms with Crippen molar-refractivity contribution in [3.05, 3.63) is 0 Å². The van der Waals surface area contributed by atoms with Crippen molar-refractivity contribution in [2.24, 2.45) is 0 Å². The minimum absolute atomic E-state index is 0.00214. The van der Waals surface area contributed by atoms with Gasteiger partial charge in [-0.1, -0.05) is 25.7 Å². The number of hydrogen-bond acceptors (Lipinski definition) is 4. The van der Waals surface area contributed by atoms with Crippen LogP contribution in [0.1, 0.15) is 103 Å². The lowest BCUT2D eigenvalue weighted by molar-refractivity contribution is -0.931. The fourth-order valence-corrected chi connectivity index (χ4v) is 7.59. The van der Waals surface area contributed by atoms with Gasteiger partial charge in [0.05, 0.1) is 52.4 Å². The molecule has 194 valence electrons. The highest BCUT2D eigenvalue weighted by molar-refractivity contribution is 5.69. The smallest absolute Gasteiger partial charge is 0.306 e. The van der Waals surface area contributed by atoms with E-state index in [1.54, 1.807) is 0 Å². The lowest BCUT2D eigenvalue weighted by Gasteiger charge is -2.43. The van der Waals surface area contributed by atoms with Gasteiger partial charge in [-0.25, -0.2) is 0 Å². The van der Waals surface area contributed by atoms with Gasteiger partial charge in [0.25, 0.3) is 0 Å². The van der Waals surface area contributed by atoms with Crippen LogP contribution >= 0.6 is 0 Å². The molecule has 4 saturated heterocycles. The number of nitrogens with zero attached hydrogens (tertiary/aromatic N) is 2. The van der Waals surface area contributed by atoms with Gasteiger partial charge in [-0.05, 0) is 12.8 Å². The van der Waals surface area contributed by atoms with Gasteiger partial charge >= 0.3 is 11.9 Å². The molecule has 0 aromatic heterocycles. The van der Waals surface area contributed by atoms with E-state index in [2.05, 4.69) is 28.2 Å². The van der Waals surface area contributed by atoms with E-state index in [-0.39, 0.29) is 24.1 Å².